The van der Waals surface area contributed by atoms with Gasteiger partial charge in [-0.1, -0.05) is 25.8 Å². The lowest BCUT2D eigenvalue weighted by Crippen LogP contribution is -2.22. The summed E-state index contributed by atoms with van der Waals surface area (Å²) in [6, 6.07) is 2.08. The van der Waals surface area contributed by atoms with Crippen LogP contribution in [0.25, 0.3) is 0 Å². The molecule has 1 aromatic heterocycles. The zero-order valence-electron chi connectivity index (χ0n) is 8.05. The molecule has 0 amide bonds. The highest BCUT2D eigenvalue weighted by molar-refractivity contribution is 5.35. The molecule has 0 aliphatic carbocycles. The Morgan fingerprint density at radius 2 is 2.15 bits per heavy atom. The zero-order chi connectivity index (χ0) is 10.1. The Labute approximate surface area is 77.4 Å². The fraction of sp³-hybridized carbons (Fsp3) is 0.444. The number of rotatable bonds is 0. The Balaban J connectivity index is 3.35. The standard InChI is InChI=1S/C9H12N4/c1-9(2,3)7-6(4-10)5-12-8(11)13-7/h5H,1-3H3,(H2,11,12,13)/p+1. The first-order chi connectivity index (χ1) is 5.95. The van der Waals surface area contributed by atoms with Crippen LogP contribution in [-0.4, -0.2) is 4.98 Å². The summed E-state index contributed by atoms with van der Waals surface area (Å²) in [5.74, 6) is 0.337. The second-order valence-electron chi connectivity index (χ2n) is 3.91. The number of nitrogens with two attached hydrogens (primary N) is 1. The smallest absolute Gasteiger partial charge is 0.287 e. The van der Waals surface area contributed by atoms with E-state index in [-0.39, 0.29) is 5.41 Å². The SMILES string of the molecule is CC(C)(C)c1nc(N)[nH+]cc1C#N. The molecule has 13 heavy (non-hydrogen) atoms. The van der Waals surface area contributed by atoms with Crippen molar-refractivity contribution in [2.75, 3.05) is 5.73 Å². The molecule has 1 aromatic rings. The van der Waals surface area contributed by atoms with Gasteiger partial charge in [0.05, 0.1) is 6.20 Å². The number of H-pyrrole nitrogens is 1. The van der Waals surface area contributed by atoms with Crippen LogP contribution in [0.3, 0.4) is 0 Å². The molecule has 1 rings (SSSR count). The number of hydrogen-bond acceptors (Lipinski definition) is 3. The van der Waals surface area contributed by atoms with Gasteiger partial charge >= 0.3 is 5.95 Å². The van der Waals surface area contributed by atoms with Gasteiger partial charge in [0.2, 0.25) is 0 Å². The van der Waals surface area contributed by atoms with Gasteiger partial charge in [-0.3, -0.25) is 5.73 Å². The molecular formula is C9H13N4+. The van der Waals surface area contributed by atoms with Crippen LogP contribution in [0.5, 0.6) is 0 Å². The molecule has 0 unspecified atom stereocenters. The van der Waals surface area contributed by atoms with Gasteiger partial charge in [0.1, 0.15) is 17.3 Å². The predicted octanol–water partition coefficient (Wildman–Crippen LogP) is 0.647. The summed E-state index contributed by atoms with van der Waals surface area (Å²) in [6.07, 6.45) is 1.59. The monoisotopic (exact) mass is 177 g/mol. The van der Waals surface area contributed by atoms with Crippen molar-refractivity contribution in [2.45, 2.75) is 26.2 Å². The van der Waals surface area contributed by atoms with Crippen molar-refractivity contribution >= 4 is 5.95 Å². The molecule has 1 heterocycles. The summed E-state index contributed by atoms with van der Waals surface area (Å²) >= 11 is 0. The minimum atomic E-state index is -0.158. The highest BCUT2D eigenvalue weighted by Crippen LogP contribution is 2.22. The van der Waals surface area contributed by atoms with Crippen LogP contribution in [0.1, 0.15) is 32.0 Å². The Hall–Kier alpha value is -1.63. The molecule has 0 saturated heterocycles. The van der Waals surface area contributed by atoms with Crippen molar-refractivity contribution in [2.24, 2.45) is 0 Å². The van der Waals surface area contributed by atoms with E-state index >= 15 is 0 Å². The Bertz CT molecular complexity index is 357. The highest BCUT2D eigenvalue weighted by Gasteiger charge is 2.24. The van der Waals surface area contributed by atoms with Crippen LogP contribution < -0.4 is 10.7 Å². The van der Waals surface area contributed by atoms with Gasteiger partial charge in [-0.2, -0.15) is 5.26 Å². The Kier molecular flexibility index (Phi) is 2.20. The maximum absolute atomic E-state index is 8.82. The predicted molar refractivity (Wildman–Crippen MR) is 48.6 cm³/mol. The first-order valence-corrected chi connectivity index (χ1v) is 4.04. The van der Waals surface area contributed by atoms with Gasteiger partial charge in [-0.05, 0) is 0 Å². The number of aromatic amines is 1. The molecule has 0 saturated carbocycles. The second-order valence-corrected chi connectivity index (χ2v) is 3.91. The normalized spacial score (nSPS) is 10.9. The summed E-state index contributed by atoms with van der Waals surface area (Å²) in [7, 11) is 0. The molecule has 0 aliphatic rings. The van der Waals surface area contributed by atoms with Crippen LogP contribution in [0.4, 0.5) is 5.95 Å². The van der Waals surface area contributed by atoms with Crippen molar-refractivity contribution in [3.05, 3.63) is 17.5 Å². The van der Waals surface area contributed by atoms with Crippen LogP contribution in [-0.2, 0) is 5.41 Å². The Morgan fingerprint density at radius 1 is 1.54 bits per heavy atom. The van der Waals surface area contributed by atoms with E-state index in [0.29, 0.717) is 11.5 Å². The molecule has 68 valence electrons. The molecule has 0 bridgehead atoms. The molecule has 0 fully saturated rings. The maximum atomic E-state index is 8.82. The number of nitrogen functional groups attached to an aromatic ring is 1. The second kappa shape index (κ2) is 3.02. The third kappa shape index (κ3) is 1.94. The number of nitriles is 1. The minimum absolute atomic E-state index is 0.158. The van der Waals surface area contributed by atoms with E-state index in [0.717, 1.165) is 5.69 Å². The first-order valence-electron chi connectivity index (χ1n) is 4.04. The fourth-order valence-corrected chi connectivity index (χ4v) is 1.08. The molecule has 0 aromatic carbocycles. The van der Waals surface area contributed by atoms with Crippen LogP contribution in [0.15, 0.2) is 6.20 Å². The van der Waals surface area contributed by atoms with Crippen LogP contribution in [0.2, 0.25) is 0 Å². The van der Waals surface area contributed by atoms with Gasteiger partial charge < -0.3 is 0 Å². The zero-order valence-corrected chi connectivity index (χ0v) is 8.05. The van der Waals surface area contributed by atoms with Crippen LogP contribution >= 0.6 is 0 Å². The summed E-state index contributed by atoms with van der Waals surface area (Å²) in [6.45, 7) is 5.99. The third-order valence-electron chi connectivity index (χ3n) is 1.68. The van der Waals surface area contributed by atoms with E-state index in [1.165, 1.54) is 0 Å². The lowest BCUT2D eigenvalue weighted by molar-refractivity contribution is -0.365. The molecule has 4 heteroatoms. The van der Waals surface area contributed by atoms with Gasteiger partial charge in [0.15, 0.2) is 0 Å². The average Bonchev–Trinajstić information content (AvgIpc) is 2.03. The molecule has 0 radical (unpaired) electrons. The topological polar surface area (TPSA) is 76.8 Å². The van der Waals surface area contributed by atoms with E-state index in [1.54, 1.807) is 6.20 Å². The van der Waals surface area contributed by atoms with Gasteiger partial charge in [0, 0.05) is 5.41 Å². The lowest BCUT2D eigenvalue weighted by atomic mass is 9.89. The van der Waals surface area contributed by atoms with Gasteiger partial charge in [-0.15, -0.1) is 0 Å². The molecule has 0 atom stereocenters. The molecule has 4 nitrogen and oxygen atoms in total. The molecule has 0 spiro atoms. The van der Waals surface area contributed by atoms with Crippen molar-refractivity contribution in [3.8, 4) is 6.07 Å². The van der Waals surface area contributed by atoms with Gasteiger partial charge in [-0.25, -0.2) is 4.98 Å². The first kappa shape index (κ1) is 9.46. The summed E-state index contributed by atoms with van der Waals surface area (Å²) in [5.41, 5.74) is 6.62. The minimum Gasteiger partial charge on any atom is -0.287 e. The van der Waals surface area contributed by atoms with Crippen molar-refractivity contribution in [3.63, 3.8) is 0 Å². The van der Waals surface area contributed by atoms with E-state index in [4.69, 9.17) is 11.0 Å². The molecular weight excluding hydrogens is 164 g/mol. The van der Waals surface area contributed by atoms with Crippen molar-refractivity contribution < 1.29 is 4.98 Å². The van der Waals surface area contributed by atoms with Crippen LogP contribution in [0, 0.1) is 11.3 Å². The maximum Gasteiger partial charge on any atom is 0.387 e. The number of hydrogen-bond donors (Lipinski definition) is 1. The van der Waals surface area contributed by atoms with E-state index in [1.807, 2.05) is 20.8 Å². The number of aromatic nitrogens is 2. The Morgan fingerprint density at radius 3 is 2.62 bits per heavy atom. The van der Waals surface area contributed by atoms with Gasteiger partial charge in [0.25, 0.3) is 0 Å². The summed E-state index contributed by atoms with van der Waals surface area (Å²) < 4.78 is 0. The summed E-state index contributed by atoms with van der Waals surface area (Å²) in [4.78, 5) is 6.82. The van der Waals surface area contributed by atoms with Crippen molar-refractivity contribution in [1.29, 1.82) is 5.26 Å². The largest absolute Gasteiger partial charge is 0.387 e. The molecule has 3 N–H and O–H groups in total. The quantitative estimate of drug-likeness (QED) is 0.632. The lowest BCUT2D eigenvalue weighted by Gasteiger charge is -2.14. The van der Waals surface area contributed by atoms with Crippen molar-refractivity contribution in [1.82, 2.24) is 4.98 Å². The fourth-order valence-electron chi connectivity index (χ4n) is 1.08. The van der Waals surface area contributed by atoms with E-state index in [9.17, 15) is 0 Å². The van der Waals surface area contributed by atoms with E-state index < -0.39 is 0 Å². The third-order valence-corrected chi connectivity index (χ3v) is 1.68. The average molecular weight is 177 g/mol. The van der Waals surface area contributed by atoms with E-state index in [2.05, 4.69) is 16.0 Å². The molecule has 0 aliphatic heterocycles. The number of nitrogens with one attached hydrogen (secondary N) is 1. The highest BCUT2D eigenvalue weighted by atomic mass is 15.0. The number of anilines is 1. The number of nitrogens with zero attached hydrogens (tertiary/aromatic N) is 2. The summed E-state index contributed by atoms with van der Waals surface area (Å²) in [5, 5.41) is 8.82.